The lowest BCUT2D eigenvalue weighted by Gasteiger charge is -2.15. The maximum Gasteiger partial charge on any atom is 0.241 e. The van der Waals surface area contributed by atoms with Gasteiger partial charge in [-0.05, 0) is 42.3 Å². The van der Waals surface area contributed by atoms with Crippen LogP contribution in [0.4, 0.5) is 0 Å². The van der Waals surface area contributed by atoms with Gasteiger partial charge in [-0.3, -0.25) is 0 Å². The summed E-state index contributed by atoms with van der Waals surface area (Å²) in [5, 5.41) is 9.64. The maximum absolute atomic E-state index is 12.3. The molecule has 0 aliphatic heterocycles. The van der Waals surface area contributed by atoms with Crippen LogP contribution < -0.4 is 4.72 Å². The Morgan fingerprint density at radius 2 is 1.90 bits per heavy atom. The van der Waals surface area contributed by atoms with Crippen LogP contribution in [-0.4, -0.2) is 13.5 Å². The largest absolute Gasteiger partial charge is 0.392 e. The van der Waals surface area contributed by atoms with Crippen LogP contribution in [0.5, 0.6) is 0 Å². The summed E-state index contributed by atoms with van der Waals surface area (Å²) in [4.78, 5) is 0.128. The van der Waals surface area contributed by atoms with Crippen molar-refractivity contribution >= 4 is 21.6 Å². The first-order chi connectivity index (χ1) is 9.92. The van der Waals surface area contributed by atoms with E-state index in [1.165, 1.54) is 12.1 Å². The molecule has 0 radical (unpaired) electrons. The van der Waals surface area contributed by atoms with Gasteiger partial charge in [0.15, 0.2) is 0 Å². The first-order valence-electron chi connectivity index (χ1n) is 6.40. The van der Waals surface area contributed by atoms with Gasteiger partial charge in [-0.1, -0.05) is 35.9 Å². The van der Waals surface area contributed by atoms with Crippen molar-refractivity contribution in [3.63, 3.8) is 0 Å². The van der Waals surface area contributed by atoms with Crippen LogP contribution >= 0.6 is 11.6 Å². The Hall–Kier alpha value is -1.40. The number of hydrogen-bond acceptors (Lipinski definition) is 3. The van der Waals surface area contributed by atoms with E-state index in [0.29, 0.717) is 10.6 Å². The minimum Gasteiger partial charge on any atom is -0.392 e. The van der Waals surface area contributed by atoms with Crippen LogP contribution in [0.2, 0.25) is 5.02 Å². The summed E-state index contributed by atoms with van der Waals surface area (Å²) in [6.07, 6.45) is 0. The molecule has 2 aromatic carbocycles. The average Bonchev–Trinajstić information content (AvgIpc) is 2.47. The first-order valence-corrected chi connectivity index (χ1v) is 8.26. The number of aliphatic hydroxyl groups is 1. The lowest BCUT2D eigenvalue weighted by atomic mass is 10.1. The summed E-state index contributed by atoms with van der Waals surface area (Å²) in [7, 11) is -3.66. The fourth-order valence-electron chi connectivity index (χ4n) is 1.96. The molecule has 0 amide bonds. The topological polar surface area (TPSA) is 66.4 Å². The van der Waals surface area contributed by atoms with E-state index < -0.39 is 16.1 Å². The van der Waals surface area contributed by atoms with Crippen molar-refractivity contribution in [1.29, 1.82) is 0 Å². The van der Waals surface area contributed by atoms with Gasteiger partial charge in [-0.2, -0.15) is 0 Å². The van der Waals surface area contributed by atoms with Gasteiger partial charge >= 0.3 is 0 Å². The van der Waals surface area contributed by atoms with E-state index in [1.54, 1.807) is 37.3 Å². The second-order valence-electron chi connectivity index (χ2n) is 4.70. The Kier molecular flexibility index (Phi) is 5.00. The third kappa shape index (κ3) is 4.04. The molecule has 0 aromatic heterocycles. The SMILES string of the molecule is CC(NS(=O)(=O)c1cccc(CO)c1)c1cccc(Cl)c1. The highest BCUT2D eigenvalue weighted by Crippen LogP contribution is 2.20. The van der Waals surface area contributed by atoms with Crippen molar-refractivity contribution in [3.05, 3.63) is 64.7 Å². The molecule has 0 heterocycles. The molecule has 0 spiro atoms. The Balaban J connectivity index is 2.24. The zero-order valence-electron chi connectivity index (χ0n) is 11.5. The summed E-state index contributed by atoms with van der Waals surface area (Å²) in [6.45, 7) is 1.55. The molecule has 2 rings (SSSR count). The van der Waals surface area contributed by atoms with Gasteiger partial charge in [0.05, 0.1) is 11.5 Å². The Morgan fingerprint density at radius 1 is 1.19 bits per heavy atom. The van der Waals surface area contributed by atoms with Crippen LogP contribution in [0.25, 0.3) is 0 Å². The van der Waals surface area contributed by atoms with Crippen LogP contribution in [0.3, 0.4) is 0 Å². The minimum atomic E-state index is -3.66. The molecule has 21 heavy (non-hydrogen) atoms. The molecule has 0 saturated heterocycles. The lowest BCUT2D eigenvalue weighted by molar-refractivity contribution is 0.281. The maximum atomic E-state index is 12.3. The number of benzene rings is 2. The van der Waals surface area contributed by atoms with Gasteiger partial charge in [-0.25, -0.2) is 13.1 Å². The van der Waals surface area contributed by atoms with E-state index in [0.717, 1.165) is 5.56 Å². The Morgan fingerprint density at radius 3 is 2.57 bits per heavy atom. The van der Waals surface area contributed by atoms with Crippen molar-refractivity contribution in [3.8, 4) is 0 Å². The molecule has 6 heteroatoms. The van der Waals surface area contributed by atoms with E-state index in [-0.39, 0.29) is 11.5 Å². The average molecular weight is 326 g/mol. The van der Waals surface area contributed by atoms with Crippen LogP contribution in [0.15, 0.2) is 53.4 Å². The van der Waals surface area contributed by atoms with Crippen molar-refractivity contribution in [2.75, 3.05) is 0 Å². The van der Waals surface area contributed by atoms with E-state index in [1.807, 2.05) is 6.07 Å². The van der Waals surface area contributed by atoms with E-state index >= 15 is 0 Å². The minimum absolute atomic E-state index is 0.128. The summed E-state index contributed by atoms with van der Waals surface area (Å²) >= 11 is 5.91. The summed E-state index contributed by atoms with van der Waals surface area (Å²) in [5.74, 6) is 0. The van der Waals surface area contributed by atoms with E-state index in [9.17, 15) is 8.42 Å². The molecule has 1 unspecified atom stereocenters. The standard InChI is InChI=1S/C15H16ClNO3S/c1-11(13-5-3-6-14(16)9-13)17-21(19,20)15-7-2-4-12(8-15)10-18/h2-9,11,17-18H,10H2,1H3. The second kappa shape index (κ2) is 6.58. The van der Waals surface area contributed by atoms with Gasteiger partial charge in [0.25, 0.3) is 0 Å². The van der Waals surface area contributed by atoms with Gasteiger partial charge in [-0.15, -0.1) is 0 Å². The van der Waals surface area contributed by atoms with Gasteiger partial charge < -0.3 is 5.11 Å². The number of nitrogens with one attached hydrogen (secondary N) is 1. The quantitative estimate of drug-likeness (QED) is 0.888. The van der Waals surface area contributed by atoms with Crippen molar-refractivity contribution < 1.29 is 13.5 Å². The highest BCUT2D eigenvalue weighted by Gasteiger charge is 2.18. The number of sulfonamides is 1. The fraction of sp³-hybridized carbons (Fsp3) is 0.200. The lowest BCUT2D eigenvalue weighted by Crippen LogP contribution is -2.27. The number of hydrogen-bond donors (Lipinski definition) is 2. The molecule has 0 bridgehead atoms. The molecule has 1 atom stereocenters. The fourth-order valence-corrected chi connectivity index (χ4v) is 3.46. The van der Waals surface area contributed by atoms with Crippen LogP contribution in [0.1, 0.15) is 24.1 Å². The summed E-state index contributed by atoms with van der Waals surface area (Å²) in [5.41, 5.74) is 1.33. The summed E-state index contributed by atoms with van der Waals surface area (Å²) in [6, 6.07) is 12.8. The van der Waals surface area contributed by atoms with Crippen LogP contribution in [-0.2, 0) is 16.6 Å². The second-order valence-corrected chi connectivity index (χ2v) is 6.85. The molecule has 4 nitrogen and oxygen atoms in total. The first kappa shape index (κ1) is 16.0. The molecule has 0 fully saturated rings. The molecule has 0 aliphatic rings. The molecule has 112 valence electrons. The zero-order chi connectivity index (χ0) is 15.5. The number of halogens is 1. The highest BCUT2D eigenvalue weighted by atomic mass is 35.5. The molecule has 2 N–H and O–H groups in total. The molecule has 2 aromatic rings. The Labute approximate surface area is 129 Å². The molecule has 0 saturated carbocycles. The van der Waals surface area contributed by atoms with Gasteiger partial charge in [0.1, 0.15) is 0 Å². The number of aliphatic hydroxyl groups excluding tert-OH is 1. The predicted octanol–water partition coefficient (Wildman–Crippen LogP) is 2.87. The molecular weight excluding hydrogens is 310 g/mol. The number of rotatable bonds is 5. The Bertz CT molecular complexity index is 731. The van der Waals surface area contributed by atoms with E-state index in [4.69, 9.17) is 16.7 Å². The highest BCUT2D eigenvalue weighted by molar-refractivity contribution is 7.89. The van der Waals surface area contributed by atoms with Crippen molar-refractivity contribution in [2.24, 2.45) is 0 Å². The molecule has 0 aliphatic carbocycles. The predicted molar refractivity (Wildman–Crippen MR) is 82.6 cm³/mol. The van der Waals surface area contributed by atoms with Crippen molar-refractivity contribution in [2.45, 2.75) is 24.5 Å². The smallest absolute Gasteiger partial charge is 0.241 e. The zero-order valence-corrected chi connectivity index (χ0v) is 13.0. The third-order valence-corrected chi connectivity index (χ3v) is 4.85. The van der Waals surface area contributed by atoms with Crippen molar-refractivity contribution in [1.82, 2.24) is 4.72 Å². The van der Waals surface area contributed by atoms with Crippen LogP contribution in [0, 0.1) is 0 Å². The third-order valence-electron chi connectivity index (χ3n) is 3.07. The molecular formula is C15H16ClNO3S. The van der Waals surface area contributed by atoms with E-state index in [2.05, 4.69) is 4.72 Å². The monoisotopic (exact) mass is 325 g/mol. The van der Waals surface area contributed by atoms with Gasteiger partial charge in [0.2, 0.25) is 10.0 Å². The normalized spacial score (nSPS) is 13.1. The van der Waals surface area contributed by atoms with Gasteiger partial charge in [0, 0.05) is 11.1 Å². The summed E-state index contributed by atoms with van der Waals surface area (Å²) < 4.78 is 27.3.